The van der Waals surface area contributed by atoms with Crippen molar-refractivity contribution in [3.05, 3.63) is 36.0 Å². The summed E-state index contributed by atoms with van der Waals surface area (Å²) in [5.74, 6) is -2.34. The van der Waals surface area contributed by atoms with E-state index in [1.54, 1.807) is 19.1 Å². The van der Waals surface area contributed by atoms with Crippen LogP contribution in [0.4, 0.5) is 14.5 Å². The normalized spacial score (nSPS) is 16.6. The van der Waals surface area contributed by atoms with Crippen molar-refractivity contribution in [1.29, 1.82) is 0 Å². The van der Waals surface area contributed by atoms with E-state index in [4.69, 9.17) is 4.52 Å². The summed E-state index contributed by atoms with van der Waals surface area (Å²) >= 11 is 0. The highest BCUT2D eigenvalue weighted by Crippen LogP contribution is 2.29. The van der Waals surface area contributed by atoms with Gasteiger partial charge in [-0.15, -0.1) is 0 Å². The summed E-state index contributed by atoms with van der Waals surface area (Å²) in [6, 6.07) is 5.89. The number of hydrogen-bond acceptors (Lipinski definition) is 7. The van der Waals surface area contributed by atoms with Gasteiger partial charge in [-0.3, -0.25) is 4.90 Å². The average Bonchev–Trinajstić information content (AvgIpc) is 3.00. The molecule has 0 radical (unpaired) electrons. The second-order valence-electron chi connectivity index (χ2n) is 5.77. The minimum Gasteiger partial charge on any atom is -0.368 e. The first kappa shape index (κ1) is 17.7. The number of piperazine rings is 1. The fourth-order valence-electron chi connectivity index (χ4n) is 2.81. The number of nitrogens with zero attached hydrogens (tertiary/aromatic N) is 4. The van der Waals surface area contributed by atoms with Crippen molar-refractivity contribution in [2.45, 2.75) is 24.1 Å². The molecule has 2 heterocycles. The standard InChI is InChI=1S/C15H18F2N4O3S/c1-11-18-14(19-24-11)10-20-6-8-21(9-7-20)12-4-2-3-5-13(12)25(22,23)15(16)17/h2-5,15H,6-10H2,1H3. The SMILES string of the molecule is Cc1nc(CN2CCN(c3ccccc3S(=O)(=O)C(F)F)CC2)no1. The molecule has 1 aliphatic rings. The van der Waals surface area contributed by atoms with Crippen LogP contribution in [0.3, 0.4) is 0 Å². The first-order valence-electron chi connectivity index (χ1n) is 7.75. The fourth-order valence-corrected chi connectivity index (χ4v) is 3.76. The second-order valence-corrected chi connectivity index (χ2v) is 7.65. The van der Waals surface area contributed by atoms with E-state index < -0.39 is 15.6 Å². The van der Waals surface area contributed by atoms with Gasteiger partial charge in [0.15, 0.2) is 5.82 Å². The summed E-state index contributed by atoms with van der Waals surface area (Å²) in [7, 11) is -4.64. The molecule has 1 aliphatic heterocycles. The second kappa shape index (κ2) is 7.04. The molecule has 0 unspecified atom stereocenters. The fraction of sp³-hybridized carbons (Fsp3) is 0.467. The molecule has 0 atom stereocenters. The number of aromatic nitrogens is 2. The zero-order valence-electron chi connectivity index (χ0n) is 13.6. The van der Waals surface area contributed by atoms with Crippen molar-refractivity contribution >= 4 is 15.5 Å². The van der Waals surface area contributed by atoms with E-state index in [1.807, 2.05) is 4.90 Å². The zero-order valence-corrected chi connectivity index (χ0v) is 14.4. The van der Waals surface area contributed by atoms with Crippen LogP contribution in [0, 0.1) is 6.92 Å². The van der Waals surface area contributed by atoms with Crippen LogP contribution in [0.5, 0.6) is 0 Å². The molecule has 0 N–H and O–H groups in total. The highest BCUT2D eigenvalue weighted by molar-refractivity contribution is 7.91. The summed E-state index contributed by atoms with van der Waals surface area (Å²) in [5.41, 5.74) is 0.317. The van der Waals surface area contributed by atoms with Crippen molar-refractivity contribution in [3.8, 4) is 0 Å². The van der Waals surface area contributed by atoms with Crippen molar-refractivity contribution in [2.75, 3.05) is 31.1 Å². The van der Waals surface area contributed by atoms with Gasteiger partial charge in [-0.05, 0) is 12.1 Å². The maximum Gasteiger partial charge on any atom is 0.341 e. The molecule has 136 valence electrons. The number of hydrogen-bond donors (Lipinski definition) is 0. The van der Waals surface area contributed by atoms with Crippen LogP contribution in [-0.4, -0.2) is 55.4 Å². The van der Waals surface area contributed by atoms with Crippen molar-refractivity contribution < 1.29 is 21.7 Å². The molecule has 1 aromatic heterocycles. The molecule has 0 saturated carbocycles. The van der Waals surface area contributed by atoms with Crippen LogP contribution in [0.1, 0.15) is 11.7 Å². The Bertz CT molecular complexity index is 833. The van der Waals surface area contributed by atoms with Crippen molar-refractivity contribution in [2.24, 2.45) is 0 Å². The lowest BCUT2D eigenvalue weighted by Gasteiger charge is -2.36. The van der Waals surface area contributed by atoms with E-state index in [0.29, 0.717) is 50.1 Å². The summed E-state index contributed by atoms with van der Waals surface area (Å²) < 4.78 is 54.5. The van der Waals surface area contributed by atoms with E-state index in [9.17, 15) is 17.2 Å². The topological polar surface area (TPSA) is 79.5 Å². The predicted octanol–water partition coefficient (Wildman–Crippen LogP) is 1.70. The van der Waals surface area contributed by atoms with E-state index in [2.05, 4.69) is 15.0 Å². The van der Waals surface area contributed by atoms with Gasteiger partial charge in [0, 0.05) is 33.1 Å². The van der Waals surface area contributed by atoms with Gasteiger partial charge in [0.1, 0.15) is 0 Å². The largest absolute Gasteiger partial charge is 0.368 e. The Morgan fingerprint density at radius 1 is 1.20 bits per heavy atom. The van der Waals surface area contributed by atoms with Gasteiger partial charge < -0.3 is 9.42 Å². The maximum atomic E-state index is 12.9. The van der Waals surface area contributed by atoms with Crippen molar-refractivity contribution in [1.82, 2.24) is 15.0 Å². The van der Waals surface area contributed by atoms with Gasteiger partial charge in [0.25, 0.3) is 0 Å². The molecule has 1 saturated heterocycles. The van der Waals surface area contributed by atoms with Gasteiger partial charge in [-0.25, -0.2) is 8.42 Å². The number of rotatable bonds is 5. The molecular weight excluding hydrogens is 354 g/mol. The highest BCUT2D eigenvalue weighted by Gasteiger charge is 2.31. The molecule has 1 fully saturated rings. The predicted molar refractivity (Wildman–Crippen MR) is 86.2 cm³/mol. The number of halogens is 2. The van der Waals surface area contributed by atoms with Gasteiger partial charge in [-0.1, -0.05) is 17.3 Å². The molecule has 2 aromatic rings. The van der Waals surface area contributed by atoms with E-state index in [1.165, 1.54) is 12.1 Å². The molecule has 10 heteroatoms. The molecule has 0 spiro atoms. The van der Waals surface area contributed by atoms with Crippen LogP contribution in [0.25, 0.3) is 0 Å². The average molecular weight is 372 g/mol. The van der Waals surface area contributed by atoms with E-state index in [-0.39, 0.29) is 4.90 Å². The lowest BCUT2D eigenvalue weighted by atomic mass is 10.2. The quantitative estimate of drug-likeness (QED) is 0.790. The number of benzene rings is 1. The number of aryl methyl sites for hydroxylation is 1. The summed E-state index contributed by atoms with van der Waals surface area (Å²) in [6.07, 6.45) is 0. The minimum atomic E-state index is -4.64. The molecule has 3 rings (SSSR count). The third-order valence-corrected chi connectivity index (χ3v) is 5.48. The van der Waals surface area contributed by atoms with E-state index in [0.717, 1.165) is 0 Å². The Morgan fingerprint density at radius 3 is 2.48 bits per heavy atom. The Hall–Kier alpha value is -2.07. The monoisotopic (exact) mass is 372 g/mol. The van der Waals surface area contributed by atoms with Crippen LogP contribution >= 0.6 is 0 Å². The number of para-hydroxylation sites is 1. The molecule has 0 bridgehead atoms. The van der Waals surface area contributed by atoms with Crippen molar-refractivity contribution in [3.63, 3.8) is 0 Å². The number of alkyl halides is 2. The van der Waals surface area contributed by atoms with Crippen LogP contribution in [0.15, 0.2) is 33.7 Å². The first-order chi connectivity index (χ1) is 11.9. The lowest BCUT2D eigenvalue weighted by Crippen LogP contribution is -2.46. The summed E-state index contributed by atoms with van der Waals surface area (Å²) in [5, 5.41) is 3.85. The zero-order chi connectivity index (χ0) is 18.0. The van der Waals surface area contributed by atoms with Gasteiger partial charge in [-0.2, -0.15) is 13.8 Å². The summed E-state index contributed by atoms with van der Waals surface area (Å²) in [4.78, 5) is 7.74. The molecule has 7 nitrogen and oxygen atoms in total. The Labute approximate surface area is 144 Å². The van der Waals surface area contributed by atoms with Gasteiger partial charge >= 0.3 is 5.76 Å². The number of anilines is 1. The summed E-state index contributed by atoms with van der Waals surface area (Å²) in [6.45, 7) is 4.56. The first-order valence-corrected chi connectivity index (χ1v) is 9.30. The molecule has 0 amide bonds. The Balaban J connectivity index is 1.71. The van der Waals surface area contributed by atoms with Gasteiger partial charge in [0.2, 0.25) is 15.7 Å². The maximum absolute atomic E-state index is 12.9. The third-order valence-electron chi connectivity index (χ3n) is 4.05. The van der Waals surface area contributed by atoms with E-state index >= 15 is 0 Å². The minimum absolute atomic E-state index is 0.317. The molecular formula is C15H18F2N4O3S. The lowest BCUT2D eigenvalue weighted by molar-refractivity contribution is 0.234. The van der Waals surface area contributed by atoms with Gasteiger partial charge in [0.05, 0.1) is 17.1 Å². The molecule has 25 heavy (non-hydrogen) atoms. The molecule has 0 aliphatic carbocycles. The smallest absolute Gasteiger partial charge is 0.341 e. The van der Waals surface area contributed by atoms with Crippen LogP contribution in [-0.2, 0) is 16.4 Å². The van der Waals surface area contributed by atoms with Crippen LogP contribution in [0.2, 0.25) is 0 Å². The Kier molecular flexibility index (Phi) is 5.00. The Morgan fingerprint density at radius 2 is 1.88 bits per heavy atom. The highest BCUT2D eigenvalue weighted by atomic mass is 32.2. The third kappa shape index (κ3) is 3.79. The molecule has 1 aromatic carbocycles. The number of sulfone groups is 1. The van der Waals surface area contributed by atoms with Crippen LogP contribution < -0.4 is 4.90 Å².